The number of imidazole rings is 1. The molecule has 1 heterocycles. The van der Waals surface area contributed by atoms with Gasteiger partial charge in [0.15, 0.2) is 0 Å². The molecule has 2 fully saturated rings. The lowest BCUT2D eigenvalue weighted by Crippen LogP contribution is -2.46. The molecular weight excluding hydrogens is 264 g/mol. The lowest BCUT2D eigenvalue weighted by molar-refractivity contribution is -0.127. The second kappa shape index (κ2) is 5.79. The molecule has 5 unspecified atom stereocenters. The van der Waals surface area contributed by atoms with E-state index >= 15 is 0 Å². The summed E-state index contributed by atoms with van der Waals surface area (Å²) in [7, 11) is 0. The number of nitrogens with one attached hydrogen (secondary N) is 1. The van der Waals surface area contributed by atoms with Crippen LogP contribution in [-0.2, 0) is 11.3 Å². The molecule has 2 bridgehead atoms. The van der Waals surface area contributed by atoms with Gasteiger partial charge in [0.05, 0.1) is 5.92 Å². The van der Waals surface area contributed by atoms with E-state index in [2.05, 4.69) is 21.8 Å². The van der Waals surface area contributed by atoms with Crippen LogP contribution in [0.4, 0.5) is 0 Å². The van der Waals surface area contributed by atoms with Crippen molar-refractivity contribution in [2.24, 2.45) is 29.4 Å². The molecule has 2 saturated carbocycles. The van der Waals surface area contributed by atoms with Crippen LogP contribution in [0.3, 0.4) is 0 Å². The minimum absolute atomic E-state index is 0.0472. The summed E-state index contributed by atoms with van der Waals surface area (Å²) in [6.07, 6.45) is 7.35. The van der Waals surface area contributed by atoms with Crippen LogP contribution in [0.1, 0.15) is 32.0 Å². The van der Waals surface area contributed by atoms with E-state index in [0.717, 1.165) is 18.8 Å². The molecule has 1 aromatic heterocycles. The highest BCUT2D eigenvalue weighted by molar-refractivity contribution is 5.80. The van der Waals surface area contributed by atoms with Crippen molar-refractivity contribution < 1.29 is 4.79 Å². The van der Waals surface area contributed by atoms with Crippen molar-refractivity contribution in [3.8, 4) is 0 Å². The average Bonchev–Trinajstić information content (AvgIpc) is 3.13. The largest absolute Gasteiger partial charge is 0.355 e. The molecule has 116 valence electrons. The molecule has 5 nitrogen and oxygen atoms in total. The summed E-state index contributed by atoms with van der Waals surface area (Å²) in [5.74, 6) is 2.72. The summed E-state index contributed by atoms with van der Waals surface area (Å²) in [6.45, 7) is 5.74. The summed E-state index contributed by atoms with van der Waals surface area (Å²) in [5, 5.41) is 3.12. The molecule has 3 rings (SSSR count). The predicted molar refractivity (Wildman–Crippen MR) is 81.4 cm³/mol. The predicted octanol–water partition coefficient (Wildman–Crippen LogP) is 1.32. The van der Waals surface area contributed by atoms with Crippen LogP contribution in [0.25, 0.3) is 0 Å². The van der Waals surface area contributed by atoms with E-state index < -0.39 is 0 Å². The van der Waals surface area contributed by atoms with Crippen LogP contribution in [0, 0.1) is 30.6 Å². The van der Waals surface area contributed by atoms with E-state index in [9.17, 15) is 4.79 Å². The van der Waals surface area contributed by atoms with Crippen molar-refractivity contribution in [2.75, 3.05) is 6.54 Å². The van der Waals surface area contributed by atoms with Gasteiger partial charge in [-0.2, -0.15) is 0 Å². The van der Waals surface area contributed by atoms with Gasteiger partial charge in [0, 0.05) is 31.5 Å². The number of aromatic nitrogens is 2. The second-order valence-corrected chi connectivity index (χ2v) is 6.91. The Hall–Kier alpha value is -1.36. The van der Waals surface area contributed by atoms with Gasteiger partial charge in [0.1, 0.15) is 5.82 Å². The molecule has 0 saturated heterocycles. The Balaban J connectivity index is 1.49. The van der Waals surface area contributed by atoms with E-state index in [0.29, 0.717) is 24.3 Å². The first kappa shape index (κ1) is 14.6. The van der Waals surface area contributed by atoms with Gasteiger partial charge in [-0.3, -0.25) is 4.79 Å². The highest BCUT2D eigenvalue weighted by Gasteiger charge is 2.48. The molecular formula is C16H26N4O. The quantitative estimate of drug-likeness (QED) is 0.859. The molecule has 0 spiro atoms. The van der Waals surface area contributed by atoms with Gasteiger partial charge >= 0.3 is 0 Å². The molecule has 5 heteroatoms. The Morgan fingerprint density at radius 2 is 2.29 bits per heavy atom. The monoisotopic (exact) mass is 290 g/mol. The summed E-state index contributed by atoms with van der Waals surface area (Å²) >= 11 is 0. The number of aryl methyl sites for hydroxylation is 1. The average molecular weight is 290 g/mol. The standard InChI is InChI=1S/C16H26N4O/c1-10(9-20-6-5-18-11(20)2)8-19-16(21)14-12-3-4-13(7-12)15(14)17/h5-6,10,12-15H,3-4,7-9,17H2,1-2H3,(H,19,21). The molecule has 0 aromatic carbocycles. The molecule has 1 aromatic rings. The van der Waals surface area contributed by atoms with Crippen LogP contribution in [-0.4, -0.2) is 28.0 Å². The normalized spacial score (nSPS) is 32.3. The number of rotatable bonds is 5. The molecule has 2 aliphatic rings. The number of nitrogens with zero attached hydrogens (tertiary/aromatic N) is 2. The first-order chi connectivity index (χ1) is 10.1. The van der Waals surface area contributed by atoms with Crippen LogP contribution in [0.2, 0.25) is 0 Å². The fraction of sp³-hybridized carbons (Fsp3) is 0.750. The van der Waals surface area contributed by atoms with Gasteiger partial charge in [-0.25, -0.2) is 4.98 Å². The second-order valence-electron chi connectivity index (χ2n) is 6.91. The molecule has 5 atom stereocenters. The minimum Gasteiger partial charge on any atom is -0.355 e. The van der Waals surface area contributed by atoms with Crippen molar-refractivity contribution in [2.45, 2.75) is 45.7 Å². The van der Waals surface area contributed by atoms with Crippen molar-refractivity contribution in [3.05, 3.63) is 18.2 Å². The van der Waals surface area contributed by atoms with E-state index in [1.54, 1.807) is 0 Å². The SMILES string of the molecule is Cc1nccn1CC(C)CNC(=O)C1C2CCC(C2)C1N. The van der Waals surface area contributed by atoms with Crippen LogP contribution in [0.15, 0.2) is 12.4 Å². The van der Waals surface area contributed by atoms with Gasteiger partial charge in [0.25, 0.3) is 0 Å². The maximum absolute atomic E-state index is 12.4. The van der Waals surface area contributed by atoms with Crippen molar-refractivity contribution in [1.29, 1.82) is 0 Å². The third-order valence-corrected chi connectivity index (χ3v) is 5.34. The number of carbonyl (C=O) groups excluding carboxylic acids is 1. The van der Waals surface area contributed by atoms with Crippen LogP contribution in [0.5, 0.6) is 0 Å². The third kappa shape index (κ3) is 2.84. The van der Waals surface area contributed by atoms with E-state index in [4.69, 9.17) is 5.73 Å². The topological polar surface area (TPSA) is 72.9 Å². The number of fused-ring (bicyclic) bond motifs is 2. The van der Waals surface area contributed by atoms with E-state index in [-0.39, 0.29) is 17.9 Å². The maximum atomic E-state index is 12.4. The highest BCUT2D eigenvalue weighted by Crippen LogP contribution is 2.47. The Labute approximate surface area is 126 Å². The smallest absolute Gasteiger partial charge is 0.224 e. The fourth-order valence-corrected chi connectivity index (χ4v) is 4.11. The molecule has 3 N–H and O–H groups in total. The Morgan fingerprint density at radius 1 is 1.52 bits per heavy atom. The van der Waals surface area contributed by atoms with Crippen molar-refractivity contribution >= 4 is 5.91 Å². The molecule has 0 radical (unpaired) electrons. The first-order valence-electron chi connectivity index (χ1n) is 8.07. The van der Waals surface area contributed by atoms with E-state index in [1.807, 2.05) is 19.3 Å². The lowest BCUT2D eigenvalue weighted by atomic mass is 9.84. The molecule has 0 aliphatic heterocycles. The minimum atomic E-state index is 0.0472. The summed E-state index contributed by atoms with van der Waals surface area (Å²) in [4.78, 5) is 16.6. The van der Waals surface area contributed by atoms with Gasteiger partial charge in [-0.15, -0.1) is 0 Å². The van der Waals surface area contributed by atoms with Gasteiger partial charge in [-0.1, -0.05) is 6.92 Å². The van der Waals surface area contributed by atoms with Gasteiger partial charge < -0.3 is 15.6 Å². The number of hydrogen-bond acceptors (Lipinski definition) is 3. The van der Waals surface area contributed by atoms with Gasteiger partial charge in [0.2, 0.25) is 5.91 Å². The van der Waals surface area contributed by atoms with Crippen LogP contribution < -0.4 is 11.1 Å². The molecule has 21 heavy (non-hydrogen) atoms. The third-order valence-electron chi connectivity index (χ3n) is 5.34. The Kier molecular flexibility index (Phi) is 4.02. The number of amides is 1. The Bertz CT molecular complexity index is 510. The molecule has 2 aliphatic carbocycles. The first-order valence-corrected chi connectivity index (χ1v) is 8.07. The lowest BCUT2D eigenvalue weighted by Gasteiger charge is -2.27. The number of hydrogen-bond donors (Lipinski definition) is 2. The summed E-state index contributed by atoms with van der Waals surface area (Å²) < 4.78 is 2.13. The van der Waals surface area contributed by atoms with Crippen molar-refractivity contribution in [3.63, 3.8) is 0 Å². The maximum Gasteiger partial charge on any atom is 0.224 e. The van der Waals surface area contributed by atoms with E-state index in [1.165, 1.54) is 12.8 Å². The zero-order valence-corrected chi connectivity index (χ0v) is 13.0. The Morgan fingerprint density at radius 3 is 2.90 bits per heavy atom. The zero-order valence-electron chi connectivity index (χ0n) is 13.0. The highest BCUT2D eigenvalue weighted by atomic mass is 16.1. The number of nitrogens with two attached hydrogens (primary N) is 1. The summed E-state index contributed by atoms with van der Waals surface area (Å²) in [5.41, 5.74) is 6.23. The van der Waals surface area contributed by atoms with Gasteiger partial charge in [-0.05, 0) is 43.9 Å². The van der Waals surface area contributed by atoms with Crippen LogP contribution >= 0.6 is 0 Å². The zero-order chi connectivity index (χ0) is 15.0. The molecule has 1 amide bonds. The number of carbonyl (C=O) groups is 1. The van der Waals surface area contributed by atoms with Crippen molar-refractivity contribution in [1.82, 2.24) is 14.9 Å². The summed E-state index contributed by atoms with van der Waals surface area (Å²) in [6, 6.07) is 0.0787. The fourth-order valence-electron chi connectivity index (χ4n) is 4.11.